The molecule has 1 aromatic rings. The molecular weight excluding hydrogens is 350 g/mol. The second-order valence-electron chi connectivity index (χ2n) is 8.97. The fourth-order valence-electron chi connectivity index (χ4n) is 5.75. The van der Waals surface area contributed by atoms with Gasteiger partial charge in [0.1, 0.15) is 0 Å². The van der Waals surface area contributed by atoms with Gasteiger partial charge in [0.05, 0.1) is 6.04 Å². The van der Waals surface area contributed by atoms with Crippen LogP contribution in [0.1, 0.15) is 54.4 Å². The van der Waals surface area contributed by atoms with Crippen molar-refractivity contribution in [2.75, 3.05) is 26.2 Å². The third kappa shape index (κ3) is 4.15. The molecule has 1 amide bonds. The van der Waals surface area contributed by atoms with Crippen LogP contribution in [0.15, 0.2) is 24.3 Å². The van der Waals surface area contributed by atoms with E-state index in [0.717, 1.165) is 51.0 Å². The molecular formula is C23H33N3O2. The Hall–Kier alpha value is -1.72. The lowest BCUT2D eigenvalue weighted by molar-refractivity contribution is -0.125. The van der Waals surface area contributed by atoms with E-state index < -0.39 is 0 Å². The summed E-state index contributed by atoms with van der Waals surface area (Å²) in [6.07, 6.45) is 7.59. The smallest absolute Gasteiger partial charge is 0.248 e. The maximum Gasteiger partial charge on any atom is 0.248 e. The topological polar surface area (TPSA) is 75.4 Å². The van der Waals surface area contributed by atoms with Crippen molar-refractivity contribution in [2.45, 2.75) is 51.0 Å². The highest BCUT2D eigenvalue weighted by Gasteiger charge is 2.47. The Morgan fingerprint density at radius 2 is 1.93 bits per heavy atom. The average molecular weight is 384 g/mol. The van der Waals surface area contributed by atoms with Crippen LogP contribution in [0.5, 0.6) is 0 Å². The minimum Gasteiger partial charge on any atom is -0.366 e. The number of Topliss-reactive ketones (excluding diaryl/α,β-unsaturated/α-hetero) is 1. The number of aryl methyl sites for hydroxylation is 1. The van der Waals surface area contributed by atoms with Crippen molar-refractivity contribution in [3.05, 3.63) is 35.4 Å². The first-order chi connectivity index (χ1) is 13.6. The van der Waals surface area contributed by atoms with Gasteiger partial charge in [-0.1, -0.05) is 43.9 Å². The fourth-order valence-corrected chi connectivity index (χ4v) is 5.75. The van der Waals surface area contributed by atoms with Crippen molar-refractivity contribution in [3.63, 3.8) is 0 Å². The van der Waals surface area contributed by atoms with Gasteiger partial charge >= 0.3 is 0 Å². The zero-order valence-electron chi connectivity index (χ0n) is 16.7. The summed E-state index contributed by atoms with van der Waals surface area (Å²) in [5, 5.41) is 3.49. The van der Waals surface area contributed by atoms with Gasteiger partial charge in [-0.2, -0.15) is 0 Å². The first-order valence-corrected chi connectivity index (χ1v) is 11.0. The lowest BCUT2D eigenvalue weighted by atomic mass is 9.87. The number of hydrogen-bond acceptors (Lipinski definition) is 4. The van der Waals surface area contributed by atoms with Crippen LogP contribution < -0.4 is 11.1 Å². The minimum absolute atomic E-state index is 0.0898. The van der Waals surface area contributed by atoms with Gasteiger partial charge in [-0.3, -0.25) is 14.5 Å². The molecule has 2 heterocycles. The van der Waals surface area contributed by atoms with Crippen molar-refractivity contribution in [2.24, 2.45) is 23.5 Å². The molecule has 3 aliphatic rings. The van der Waals surface area contributed by atoms with Crippen LogP contribution in [0.3, 0.4) is 0 Å². The lowest BCUT2D eigenvalue weighted by Crippen LogP contribution is -2.42. The third-order valence-corrected chi connectivity index (χ3v) is 7.13. The second-order valence-corrected chi connectivity index (χ2v) is 8.97. The van der Waals surface area contributed by atoms with E-state index in [4.69, 9.17) is 5.73 Å². The van der Waals surface area contributed by atoms with Crippen LogP contribution in [0.2, 0.25) is 0 Å². The average Bonchev–Trinajstić information content (AvgIpc) is 3.39. The van der Waals surface area contributed by atoms with Crippen molar-refractivity contribution < 1.29 is 9.59 Å². The van der Waals surface area contributed by atoms with Gasteiger partial charge in [0.25, 0.3) is 0 Å². The number of carbonyl (C=O) groups excluding carboxylic acids is 2. The molecule has 4 rings (SSSR count). The van der Waals surface area contributed by atoms with Gasteiger partial charge < -0.3 is 11.1 Å². The standard InChI is InChI=1S/C23H33N3O2/c24-23(28)19-10-4-3-8-17(19)9-5-11-26-15-18-13-25-14-20(18)22(26)21(27)12-16-6-1-2-7-16/h3-4,8,10,16,18,20,22,25H,1-2,5-7,9,11-15H2,(H2,24,28)/t18?,20-,22+/m1/s1. The summed E-state index contributed by atoms with van der Waals surface area (Å²) in [6.45, 7) is 3.96. The summed E-state index contributed by atoms with van der Waals surface area (Å²) in [7, 11) is 0. The first-order valence-electron chi connectivity index (χ1n) is 11.0. The number of ketones is 1. The van der Waals surface area contributed by atoms with Gasteiger partial charge in [0, 0.05) is 25.1 Å². The predicted molar refractivity (Wildman–Crippen MR) is 110 cm³/mol. The summed E-state index contributed by atoms with van der Waals surface area (Å²) < 4.78 is 0. The van der Waals surface area contributed by atoms with Crippen LogP contribution in [-0.4, -0.2) is 48.8 Å². The normalized spacial score (nSPS) is 27.9. The summed E-state index contributed by atoms with van der Waals surface area (Å²) in [5.74, 6) is 1.81. The van der Waals surface area contributed by atoms with Gasteiger partial charge in [-0.15, -0.1) is 0 Å². The quantitative estimate of drug-likeness (QED) is 0.723. The summed E-state index contributed by atoms with van der Waals surface area (Å²) in [6, 6.07) is 7.70. The zero-order chi connectivity index (χ0) is 19.5. The maximum atomic E-state index is 13.2. The first kappa shape index (κ1) is 19.6. The number of likely N-dealkylation sites (tertiary alicyclic amines) is 1. The number of rotatable bonds is 8. The Labute approximate surface area is 168 Å². The minimum atomic E-state index is -0.359. The number of primary amides is 1. The fraction of sp³-hybridized carbons (Fsp3) is 0.652. The number of amides is 1. The molecule has 3 fully saturated rings. The molecule has 152 valence electrons. The molecule has 0 spiro atoms. The molecule has 1 saturated carbocycles. The van der Waals surface area contributed by atoms with Crippen LogP contribution in [0, 0.1) is 17.8 Å². The molecule has 5 nitrogen and oxygen atoms in total. The second kappa shape index (κ2) is 8.75. The highest BCUT2D eigenvalue weighted by Crippen LogP contribution is 2.36. The molecule has 1 aliphatic carbocycles. The zero-order valence-corrected chi connectivity index (χ0v) is 16.7. The Morgan fingerprint density at radius 1 is 1.14 bits per heavy atom. The number of benzene rings is 1. The van der Waals surface area contributed by atoms with E-state index in [9.17, 15) is 9.59 Å². The Kier molecular flexibility index (Phi) is 6.12. The van der Waals surface area contributed by atoms with E-state index in [1.165, 1.54) is 25.7 Å². The van der Waals surface area contributed by atoms with Gasteiger partial charge in [0.2, 0.25) is 5.91 Å². The molecule has 1 unspecified atom stereocenters. The molecule has 3 N–H and O–H groups in total. The summed E-state index contributed by atoms with van der Waals surface area (Å²) in [4.78, 5) is 27.3. The van der Waals surface area contributed by atoms with E-state index >= 15 is 0 Å². The summed E-state index contributed by atoms with van der Waals surface area (Å²) in [5.41, 5.74) is 7.15. The number of carbonyl (C=O) groups is 2. The number of nitrogens with zero attached hydrogens (tertiary/aromatic N) is 1. The van der Waals surface area contributed by atoms with Gasteiger partial charge in [0.15, 0.2) is 5.78 Å². The molecule has 0 aromatic heterocycles. The van der Waals surface area contributed by atoms with E-state index in [2.05, 4.69) is 10.2 Å². The number of nitrogens with one attached hydrogen (secondary N) is 1. The Balaban J connectivity index is 1.38. The van der Waals surface area contributed by atoms with Gasteiger partial charge in [-0.25, -0.2) is 0 Å². The van der Waals surface area contributed by atoms with Crippen molar-refractivity contribution in [1.29, 1.82) is 0 Å². The van der Waals surface area contributed by atoms with Crippen molar-refractivity contribution in [3.8, 4) is 0 Å². The Morgan fingerprint density at radius 3 is 2.71 bits per heavy atom. The largest absolute Gasteiger partial charge is 0.366 e. The molecule has 1 aromatic carbocycles. The predicted octanol–water partition coefficient (Wildman–Crippen LogP) is 2.39. The number of hydrogen-bond donors (Lipinski definition) is 2. The number of nitrogens with two attached hydrogens (primary N) is 1. The van der Waals surface area contributed by atoms with E-state index in [0.29, 0.717) is 29.1 Å². The molecule has 0 radical (unpaired) electrons. The molecule has 0 bridgehead atoms. The van der Waals surface area contributed by atoms with Crippen LogP contribution in [0.4, 0.5) is 0 Å². The van der Waals surface area contributed by atoms with Crippen molar-refractivity contribution >= 4 is 11.7 Å². The monoisotopic (exact) mass is 383 g/mol. The number of fused-ring (bicyclic) bond motifs is 1. The van der Waals surface area contributed by atoms with Crippen molar-refractivity contribution in [1.82, 2.24) is 10.2 Å². The van der Waals surface area contributed by atoms with Crippen LogP contribution in [-0.2, 0) is 11.2 Å². The SMILES string of the molecule is NC(=O)c1ccccc1CCCN1CC2CNC[C@H]2[C@H]1C(=O)CC1CCCC1. The van der Waals surface area contributed by atoms with E-state index in [1.807, 2.05) is 18.2 Å². The van der Waals surface area contributed by atoms with Crippen LogP contribution >= 0.6 is 0 Å². The molecule has 28 heavy (non-hydrogen) atoms. The summed E-state index contributed by atoms with van der Waals surface area (Å²) >= 11 is 0. The highest BCUT2D eigenvalue weighted by atomic mass is 16.1. The van der Waals surface area contributed by atoms with Gasteiger partial charge in [-0.05, 0) is 55.3 Å². The Bertz CT molecular complexity index is 714. The maximum absolute atomic E-state index is 13.2. The molecule has 3 atom stereocenters. The molecule has 2 aliphatic heterocycles. The molecule has 5 heteroatoms. The molecule has 2 saturated heterocycles. The highest BCUT2D eigenvalue weighted by molar-refractivity contribution is 5.94. The lowest BCUT2D eigenvalue weighted by Gasteiger charge is -2.27. The van der Waals surface area contributed by atoms with E-state index in [1.54, 1.807) is 6.07 Å². The van der Waals surface area contributed by atoms with Crippen LogP contribution in [0.25, 0.3) is 0 Å². The van der Waals surface area contributed by atoms with E-state index in [-0.39, 0.29) is 11.9 Å². The third-order valence-electron chi connectivity index (χ3n) is 7.13.